The molecule has 0 aliphatic heterocycles. The minimum atomic E-state index is 0. The smallest absolute Gasteiger partial charge is 0.337 e. The molecule has 0 amide bonds. The Balaban J connectivity index is 0.000000153. The van der Waals surface area contributed by atoms with Crippen LogP contribution in [0.5, 0.6) is 0 Å². The molecule has 9 aromatic heterocycles. The maximum Gasteiger partial charge on any atom is 3.00 e. The number of hydrogen-bond donors (Lipinski definition) is 1. The van der Waals surface area contributed by atoms with Crippen molar-refractivity contribution in [2.45, 2.75) is 105 Å². The summed E-state index contributed by atoms with van der Waals surface area (Å²) in [6.07, 6.45) is 11.1. The molecule has 1 radical (unpaired) electrons. The van der Waals surface area contributed by atoms with Crippen LogP contribution in [0.15, 0.2) is 140 Å². The van der Waals surface area contributed by atoms with Crippen LogP contribution in [0.3, 0.4) is 0 Å². The van der Waals surface area contributed by atoms with Gasteiger partial charge in [-0.3, -0.25) is 29.9 Å². The largest absolute Gasteiger partial charge is 3.00 e. The summed E-state index contributed by atoms with van der Waals surface area (Å²) < 4.78 is 0. The quantitative estimate of drug-likeness (QED) is 0.138. The van der Waals surface area contributed by atoms with E-state index in [9.17, 15) is 0 Å². The second kappa shape index (κ2) is 20.0. The molecule has 10 rings (SSSR count). The Labute approximate surface area is 422 Å². The van der Waals surface area contributed by atoms with Gasteiger partial charge in [0.15, 0.2) is 0 Å². The van der Waals surface area contributed by atoms with Crippen molar-refractivity contribution in [2.75, 3.05) is 0 Å². The summed E-state index contributed by atoms with van der Waals surface area (Å²) in [7, 11) is 0. The third kappa shape index (κ3) is 11.3. The summed E-state index contributed by atoms with van der Waals surface area (Å²) in [6.45, 7) is 26.6. The molecule has 11 heteroatoms. The Bertz CT molecular complexity index is 3010. The number of pyridine rings is 6. The predicted octanol–water partition coefficient (Wildman–Crippen LogP) is 15.6. The van der Waals surface area contributed by atoms with Gasteiger partial charge >= 0.3 is 19.5 Å². The zero-order valence-electron chi connectivity index (χ0n) is 41.1. The molecule has 8 nitrogen and oxygen atoms in total. The van der Waals surface area contributed by atoms with Crippen LogP contribution in [0.2, 0.25) is 0 Å². The molecule has 0 aliphatic carbocycles. The van der Waals surface area contributed by atoms with Gasteiger partial charge in [-0.1, -0.05) is 89.2 Å². The molecule has 1 aromatic carbocycles. The topological polar surface area (TPSA) is 106 Å². The van der Waals surface area contributed by atoms with E-state index in [-0.39, 0.29) is 41.1 Å². The molecule has 0 fully saturated rings. The van der Waals surface area contributed by atoms with E-state index in [2.05, 4.69) is 208 Å². The van der Waals surface area contributed by atoms with Crippen molar-refractivity contribution >= 4 is 55.5 Å². The van der Waals surface area contributed by atoms with Crippen molar-refractivity contribution < 1.29 is 19.5 Å². The van der Waals surface area contributed by atoms with Gasteiger partial charge in [0.2, 0.25) is 0 Å². The molecule has 0 atom stereocenters. The van der Waals surface area contributed by atoms with Crippen LogP contribution in [0, 0.1) is 0 Å². The molecule has 0 aliphatic rings. The number of imidazole rings is 1. The van der Waals surface area contributed by atoms with Crippen LogP contribution >= 0.6 is 22.7 Å². The van der Waals surface area contributed by atoms with E-state index >= 15 is 0 Å². The summed E-state index contributed by atoms with van der Waals surface area (Å²) >= 11 is 3.51. The number of aromatic amines is 1. The maximum absolute atomic E-state index is 4.95. The molecule has 9 heterocycles. The third-order valence-electron chi connectivity index (χ3n) is 11.7. The number of thiophene rings is 2. The number of fused-ring (bicyclic) bond motifs is 6. The van der Waals surface area contributed by atoms with Crippen molar-refractivity contribution in [1.82, 2.24) is 39.9 Å². The molecule has 0 unspecified atom stereocenters. The molecular formula is C57H60N8RuS2+3. The van der Waals surface area contributed by atoms with Gasteiger partial charge in [-0.05, 0) is 140 Å². The van der Waals surface area contributed by atoms with E-state index in [1.54, 1.807) is 22.7 Å². The molecule has 1 N–H and O–H groups in total. The van der Waals surface area contributed by atoms with E-state index in [1.165, 1.54) is 32.0 Å². The second-order valence-electron chi connectivity index (χ2n) is 21.0. The Hall–Kier alpha value is -5.87. The summed E-state index contributed by atoms with van der Waals surface area (Å²) in [5.74, 6) is 0.888. The first-order valence-corrected chi connectivity index (χ1v) is 24.5. The molecule has 10 aromatic rings. The van der Waals surface area contributed by atoms with Crippen molar-refractivity contribution in [3.05, 3.63) is 162 Å². The van der Waals surface area contributed by atoms with E-state index in [0.29, 0.717) is 0 Å². The first-order chi connectivity index (χ1) is 31.7. The average molecular weight is 1020 g/mol. The number of benzene rings is 1. The van der Waals surface area contributed by atoms with Gasteiger partial charge in [0.25, 0.3) is 0 Å². The fourth-order valence-corrected chi connectivity index (χ4v) is 9.41. The molecular weight excluding hydrogens is 962 g/mol. The van der Waals surface area contributed by atoms with Crippen molar-refractivity contribution in [3.8, 4) is 43.2 Å². The average Bonchev–Trinajstić information content (AvgIpc) is 4.12. The molecule has 0 saturated carbocycles. The first-order valence-electron chi connectivity index (χ1n) is 22.8. The van der Waals surface area contributed by atoms with Crippen molar-refractivity contribution in [3.63, 3.8) is 0 Å². The first kappa shape index (κ1) is 50.0. The number of nitrogens with zero attached hydrogens (tertiary/aromatic N) is 7. The van der Waals surface area contributed by atoms with Crippen LogP contribution in [0.4, 0.5) is 0 Å². The summed E-state index contributed by atoms with van der Waals surface area (Å²) in [5.41, 5.74) is 13.2. The number of H-pyrrole nitrogens is 1. The minimum absolute atomic E-state index is 0. The van der Waals surface area contributed by atoms with Gasteiger partial charge in [-0.25, -0.2) is 4.98 Å². The molecule has 345 valence electrons. The Morgan fingerprint density at radius 1 is 0.397 bits per heavy atom. The molecule has 0 saturated heterocycles. The van der Waals surface area contributed by atoms with Gasteiger partial charge in [-0.15, -0.1) is 22.7 Å². The van der Waals surface area contributed by atoms with E-state index in [4.69, 9.17) is 4.98 Å². The van der Waals surface area contributed by atoms with Gasteiger partial charge in [-0.2, -0.15) is 0 Å². The zero-order valence-corrected chi connectivity index (χ0v) is 44.5. The van der Waals surface area contributed by atoms with Crippen LogP contribution in [-0.2, 0) is 41.1 Å². The Kier molecular flexibility index (Phi) is 14.7. The van der Waals surface area contributed by atoms with Crippen LogP contribution in [0.25, 0.3) is 76.1 Å². The maximum atomic E-state index is 4.95. The second-order valence-corrected chi connectivity index (χ2v) is 23.0. The van der Waals surface area contributed by atoms with Gasteiger partial charge < -0.3 is 4.98 Å². The molecule has 0 bridgehead atoms. The number of rotatable bonds is 4. The van der Waals surface area contributed by atoms with E-state index < -0.39 is 0 Å². The van der Waals surface area contributed by atoms with Gasteiger partial charge in [0.05, 0.1) is 49.7 Å². The van der Waals surface area contributed by atoms with Crippen molar-refractivity contribution in [2.24, 2.45) is 0 Å². The standard InChI is InChI=1S/C21H12N4S2.2C18H24N2.Ru/c1-4-12-17(22-9-1)18-13(5-2-10-23-18)20-19(12)24-21(25-20)16-8-7-15(27-16)14-6-3-11-26-14;2*1-17(2,3)13-7-9-19-15(11-13)16-12-14(8-10-20-16)18(4,5)6;/h1-11H,(H,24,25);2*7-12H,1-6H3;/q;;;+3. The summed E-state index contributed by atoms with van der Waals surface area (Å²) in [6, 6.07) is 33.5. The van der Waals surface area contributed by atoms with Gasteiger partial charge in [0, 0.05) is 57.7 Å². The Morgan fingerprint density at radius 3 is 1.22 bits per heavy atom. The monoisotopic (exact) mass is 1020 g/mol. The number of nitrogens with one attached hydrogen (secondary N) is 1. The number of hydrogen-bond acceptors (Lipinski definition) is 9. The zero-order chi connectivity index (χ0) is 47.7. The van der Waals surface area contributed by atoms with Gasteiger partial charge in [0.1, 0.15) is 5.82 Å². The number of aromatic nitrogens is 8. The minimum Gasteiger partial charge on any atom is -0.337 e. The summed E-state index contributed by atoms with van der Waals surface area (Å²) in [4.78, 5) is 39.2. The fraction of sp³-hybridized carbons (Fsp3) is 0.281. The normalized spacial score (nSPS) is 12.0. The Morgan fingerprint density at radius 2 is 0.809 bits per heavy atom. The third-order valence-corrected chi connectivity index (χ3v) is 13.9. The molecule has 68 heavy (non-hydrogen) atoms. The van der Waals surface area contributed by atoms with E-state index in [1.807, 2.05) is 49.3 Å². The van der Waals surface area contributed by atoms with Crippen LogP contribution < -0.4 is 0 Å². The summed E-state index contributed by atoms with van der Waals surface area (Å²) in [5, 5.41) is 4.18. The van der Waals surface area contributed by atoms with E-state index in [0.717, 1.165) is 66.3 Å². The molecule has 0 spiro atoms. The fourth-order valence-electron chi connectivity index (χ4n) is 7.63. The van der Waals surface area contributed by atoms with Crippen LogP contribution in [-0.4, -0.2) is 39.9 Å². The predicted molar refractivity (Wildman–Crippen MR) is 283 cm³/mol. The SMILES string of the molecule is CC(C)(C)c1ccnc(-c2cc(C(C)(C)C)ccn2)c1.CC(C)(C)c1ccnc(-c2cc(C(C)(C)C)ccn2)c1.[Ru+3].c1csc(-c2ccc(-c3nc4c5cccnc5c5ncccc5c4[nH]3)s2)c1. The van der Waals surface area contributed by atoms with Crippen LogP contribution in [0.1, 0.15) is 105 Å². The van der Waals surface area contributed by atoms with Crippen molar-refractivity contribution in [1.29, 1.82) is 0 Å².